The van der Waals surface area contributed by atoms with E-state index in [4.69, 9.17) is 10.7 Å². The quantitative estimate of drug-likeness (QED) is 0.311. The van der Waals surface area contributed by atoms with Crippen molar-refractivity contribution in [1.29, 1.82) is 10.5 Å². The van der Waals surface area contributed by atoms with Crippen LogP contribution in [0.2, 0.25) is 0 Å². The van der Waals surface area contributed by atoms with Gasteiger partial charge in [0.05, 0.1) is 18.2 Å². The molecule has 0 saturated heterocycles. The summed E-state index contributed by atoms with van der Waals surface area (Å²) in [4.78, 5) is 5.16. The summed E-state index contributed by atoms with van der Waals surface area (Å²) >= 11 is 3.49. The molecule has 7 heteroatoms. The van der Waals surface area contributed by atoms with Gasteiger partial charge in [0, 0.05) is 5.70 Å². The minimum atomic E-state index is -1.27. The Bertz CT molecular complexity index is 1030. The van der Waals surface area contributed by atoms with Crippen molar-refractivity contribution in [3.63, 3.8) is 0 Å². The first kappa shape index (κ1) is 25.0. The molecule has 0 unspecified atom stereocenters. The van der Waals surface area contributed by atoms with Crippen LogP contribution in [0.4, 0.5) is 0 Å². The second-order valence-corrected chi connectivity index (χ2v) is 12.3. The average Bonchev–Trinajstić information content (AvgIpc) is 3.10. The van der Waals surface area contributed by atoms with E-state index in [1.165, 1.54) is 0 Å². The smallest absolute Gasteiger partial charge is 0.178 e. The first-order chi connectivity index (χ1) is 16.6. The van der Waals surface area contributed by atoms with E-state index in [0.29, 0.717) is 5.84 Å². The van der Waals surface area contributed by atoms with Crippen molar-refractivity contribution in [3.05, 3.63) is 47.2 Å². The monoisotopic (exact) mass is 493 g/mol. The Morgan fingerprint density at radius 1 is 1.03 bits per heavy atom. The Kier molecular flexibility index (Phi) is 7.55. The Hall–Kier alpha value is -2.09. The lowest BCUT2D eigenvalue weighted by atomic mass is 9.53. The molecular formula is C27H35N5S2. The minimum absolute atomic E-state index is 0.308. The fourth-order valence-electron chi connectivity index (χ4n) is 5.77. The molecule has 34 heavy (non-hydrogen) atoms. The summed E-state index contributed by atoms with van der Waals surface area (Å²) in [7, 11) is 0. The van der Waals surface area contributed by atoms with E-state index < -0.39 is 21.1 Å². The van der Waals surface area contributed by atoms with Gasteiger partial charge in [0.1, 0.15) is 5.84 Å². The summed E-state index contributed by atoms with van der Waals surface area (Å²) in [6.07, 6.45) is 8.07. The number of thioether (sulfide) groups is 2. The Balaban J connectivity index is 1.99. The highest BCUT2D eigenvalue weighted by Gasteiger charge is 2.77. The Morgan fingerprint density at radius 3 is 2.26 bits per heavy atom. The molecule has 180 valence electrons. The molecule has 0 aromatic heterocycles. The van der Waals surface area contributed by atoms with E-state index in [1.54, 1.807) is 23.5 Å². The molecule has 3 atom stereocenters. The lowest BCUT2D eigenvalue weighted by Crippen LogP contribution is -2.62. The zero-order chi connectivity index (χ0) is 24.2. The van der Waals surface area contributed by atoms with Crippen LogP contribution in [0.5, 0.6) is 0 Å². The number of unbranched alkanes of at least 4 members (excludes halogenated alkanes) is 2. The Labute approximate surface area is 212 Å². The van der Waals surface area contributed by atoms with Crippen molar-refractivity contribution in [3.8, 4) is 12.1 Å². The van der Waals surface area contributed by atoms with Crippen molar-refractivity contribution >= 4 is 29.4 Å². The van der Waals surface area contributed by atoms with Crippen LogP contribution >= 0.6 is 23.5 Å². The number of nitrogens with two attached hydrogens (primary N) is 1. The maximum absolute atomic E-state index is 11.2. The number of hydrogen-bond acceptors (Lipinski definition) is 7. The van der Waals surface area contributed by atoms with Crippen LogP contribution in [0.15, 0.2) is 46.6 Å². The van der Waals surface area contributed by atoms with Crippen molar-refractivity contribution < 1.29 is 0 Å². The third kappa shape index (κ3) is 3.55. The molecule has 2 heterocycles. The third-order valence-electron chi connectivity index (χ3n) is 7.48. The van der Waals surface area contributed by atoms with Gasteiger partial charge in [-0.2, -0.15) is 10.5 Å². The second kappa shape index (κ2) is 10.3. The number of hydrogen-bond donors (Lipinski definition) is 2. The van der Waals surface area contributed by atoms with Crippen LogP contribution in [0, 0.1) is 33.5 Å². The zero-order valence-corrected chi connectivity index (χ0v) is 21.9. The lowest BCUT2D eigenvalue weighted by molar-refractivity contribution is 0.185. The number of fused-ring (bicyclic) bond motifs is 2. The van der Waals surface area contributed by atoms with E-state index in [2.05, 4.69) is 31.3 Å². The molecule has 3 N–H and O–H groups in total. The number of allylic oxidation sites excluding steroid dienone is 1. The van der Waals surface area contributed by atoms with Crippen LogP contribution in [0.3, 0.4) is 0 Å². The highest BCUT2D eigenvalue weighted by Crippen LogP contribution is 2.72. The Morgan fingerprint density at radius 2 is 1.68 bits per heavy atom. The molecule has 0 radical (unpaired) electrons. The first-order valence-corrected chi connectivity index (χ1v) is 14.5. The number of nitrogens with one attached hydrogen (secondary N) is 1. The molecule has 2 aliphatic heterocycles. The first-order valence-electron chi connectivity index (χ1n) is 12.6. The molecule has 0 amide bonds. The van der Waals surface area contributed by atoms with Crippen molar-refractivity contribution in [2.24, 2.45) is 21.6 Å². The van der Waals surface area contributed by atoms with Crippen LogP contribution < -0.4 is 11.1 Å². The van der Waals surface area contributed by atoms with Gasteiger partial charge < -0.3 is 11.1 Å². The predicted molar refractivity (Wildman–Crippen MR) is 143 cm³/mol. The van der Waals surface area contributed by atoms with Crippen molar-refractivity contribution in [2.75, 3.05) is 11.5 Å². The molecule has 5 nitrogen and oxygen atoms in total. The van der Waals surface area contributed by atoms with E-state index in [1.807, 2.05) is 30.3 Å². The van der Waals surface area contributed by atoms with E-state index >= 15 is 0 Å². The topological polar surface area (TPSA) is 98.0 Å². The number of nitriles is 2. The normalized spacial score (nSPS) is 29.3. The van der Waals surface area contributed by atoms with Crippen LogP contribution in [0.1, 0.15) is 76.8 Å². The van der Waals surface area contributed by atoms with Crippen molar-refractivity contribution in [1.82, 2.24) is 5.32 Å². The largest absolute Gasteiger partial charge is 0.386 e. The molecule has 4 rings (SSSR count). The summed E-state index contributed by atoms with van der Waals surface area (Å²) < 4.78 is -0.820. The standard InChI is InChI=1S/C27H35N5S2/c1-3-5-16-33-27(34-17-6-4-2)26(19-29)21-14-10-11-15-22(21)31-23(20-12-8-7-9-13-20)25(26,18-28)24(30)32-27/h7-9,12-13,23,31H,3-6,10-11,14-17H2,1-2H3,(H2,30,32)/t23-,25+,26-/m1/s1. The number of benzene rings is 1. The molecule has 3 aliphatic rings. The van der Waals surface area contributed by atoms with Gasteiger partial charge >= 0.3 is 0 Å². The molecule has 0 bridgehead atoms. The summed E-state index contributed by atoms with van der Waals surface area (Å²) in [6, 6.07) is 15.0. The SMILES string of the molecule is CCCCSC1(SCCCC)N=C(N)[C@]2(C#N)[C@@H](c3ccccc3)NC3=C(CCCC3)[C@@]12C#N. The number of amidine groups is 1. The van der Waals surface area contributed by atoms with Gasteiger partial charge in [0.2, 0.25) is 0 Å². The van der Waals surface area contributed by atoms with Crippen LogP contribution in [0.25, 0.3) is 0 Å². The van der Waals surface area contributed by atoms with Gasteiger partial charge in [-0.3, -0.25) is 0 Å². The molecule has 1 aromatic rings. The van der Waals surface area contributed by atoms with E-state index in [-0.39, 0.29) is 0 Å². The predicted octanol–water partition coefficient (Wildman–Crippen LogP) is 6.27. The van der Waals surface area contributed by atoms with E-state index in [9.17, 15) is 10.5 Å². The third-order valence-corrected chi connectivity index (χ3v) is 10.7. The maximum atomic E-state index is 11.2. The number of nitrogens with zero attached hydrogens (tertiary/aromatic N) is 3. The molecule has 1 aliphatic carbocycles. The summed E-state index contributed by atoms with van der Waals surface area (Å²) in [5, 5.41) is 25.9. The highest BCUT2D eigenvalue weighted by molar-refractivity contribution is 8.18. The van der Waals surface area contributed by atoms with Gasteiger partial charge in [-0.15, -0.1) is 23.5 Å². The minimum Gasteiger partial charge on any atom is -0.386 e. The summed E-state index contributed by atoms with van der Waals surface area (Å²) in [6.45, 7) is 4.36. The molecule has 1 aromatic carbocycles. The molecular weight excluding hydrogens is 458 g/mol. The fourth-order valence-corrected chi connectivity index (χ4v) is 9.44. The van der Waals surface area contributed by atoms with Gasteiger partial charge in [-0.25, -0.2) is 4.99 Å². The lowest BCUT2D eigenvalue weighted by Gasteiger charge is -2.54. The van der Waals surface area contributed by atoms with Crippen LogP contribution in [-0.4, -0.2) is 21.5 Å². The second-order valence-electron chi connectivity index (χ2n) is 9.42. The van der Waals surface area contributed by atoms with Gasteiger partial charge in [0.15, 0.2) is 15.0 Å². The highest BCUT2D eigenvalue weighted by atomic mass is 32.2. The zero-order valence-electron chi connectivity index (χ0n) is 20.3. The van der Waals surface area contributed by atoms with Gasteiger partial charge in [0.25, 0.3) is 0 Å². The number of rotatable bonds is 9. The summed E-state index contributed by atoms with van der Waals surface area (Å²) in [5.41, 5.74) is 7.62. The molecule has 0 saturated carbocycles. The molecule has 0 fully saturated rings. The fraction of sp³-hybridized carbons (Fsp3) is 0.593. The van der Waals surface area contributed by atoms with Gasteiger partial charge in [-0.05, 0) is 61.2 Å². The van der Waals surface area contributed by atoms with Crippen molar-refractivity contribution in [2.45, 2.75) is 75.5 Å². The van der Waals surface area contributed by atoms with E-state index in [0.717, 1.165) is 79.7 Å². The average molecular weight is 494 g/mol. The summed E-state index contributed by atoms with van der Waals surface area (Å²) in [5.74, 6) is 2.09. The van der Waals surface area contributed by atoms with Crippen LogP contribution in [-0.2, 0) is 0 Å². The maximum Gasteiger partial charge on any atom is 0.178 e. The number of aliphatic imine (C=N–C) groups is 1. The molecule has 0 spiro atoms. The van der Waals surface area contributed by atoms with Gasteiger partial charge in [-0.1, -0.05) is 57.0 Å².